The molecular formula is C18H22N4O6. The minimum atomic E-state index is -1.11. The number of benzene rings is 1. The second-order valence-corrected chi connectivity index (χ2v) is 6.99. The highest BCUT2D eigenvalue weighted by molar-refractivity contribution is 5.97. The molecule has 0 aliphatic carbocycles. The number of H-pyrrole nitrogens is 2. The summed E-state index contributed by atoms with van der Waals surface area (Å²) < 4.78 is 10.1. The van der Waals surface area contributed by atoms with Gasteiger partial charge in [0.25, 0.3) is 11.5 Å². The highest BCUT2D eigenvalue weighted by atomic mass is 16.5. The van der Waals surface area contributed by atoms with E-state index in [1.165, 1.54) is 7.11 Å². The van der Waals surface area contributed by atoms with Crippen LogP contribution in [-0.4, -0.2) is 35.6 Å². The van der Waals surface area contributed by atoms with Gasteiger partial charge in [-0.05, 0) is 23.1 Å². The Balaban J connectivity index is 2.12. The van der Waals surface area contributed by atoms with Crippen molar-refractivity contribution in [2.45, 2.75) is 26.2 Å². The molecule has 10 heteroatoms. The van der Waals surface area contributed by atoms with E-state index < -0.39 is 41.1 Å². The fraction of sp³-hybridized carbons (Fsp3) is 0.333. The predicted molar refractivity (Wildman–Crippen MR) is 103 cm³/mol. The number of hydrogen-bond donors (Lipinski definition) is 4. The highest BCUT2D eigenvalue weighted by Crippen LogP contribution is 2.31. The normalized spacial score (nSPS) is 11.0. The van der Waals surface area contributed by atoms with Gasteiger partial charge in [0.1, 0.15) is 11.4 Å². The van der Waals surface area contributed by atoms with Gasteiger partial charge in [0.15, 0.2) is 12.3 Å². The van der Waals surface area contributed by atoms with Crippen LogP contribution in [0.25, 0.3) is 0 Å². The van der Waals surface area contributed by atoms with Crippen molar-refractivity contribution < 1.29 is 19.1 Å². The first-order chi connectivity index (χ1) is 13.0. The highest BCUT2D eigenvalue weighted by Gasteiger charge is 2.19. The van der Waals surface area contributed by atoms with Crippen LogP contribution in [0.2, 0.25) is 0 Å². The number of carbonyl (C=O) groups excluding carboxylic acids is 2. The zero-order chi connectivity index (χ0) is 21.1. The molecule has 5 N–H and O–H groups in total. The number of aromatic amines is 2. The molecule has 0 unspecified atom stereocenters. The SMILES string of the molecule is COc1ccc(C(C)(C)C)cc1NC(=O)COC(=O)c1[nH]c(=O)[nH]c(=O)c1N. The number of rotatable bonds is 5. The first kappa shape index (κ1) is 20.7. The molecule has 0 atom stereocenters. The van der Waals surface area contributed by atoms with Crippen LogP contribution in [0.15, 0.2) is 27.8 Å². The molecule has 150 valence electrons. The number of methoxy groups -OCH3 is 1. The molecule has 0 fully saturated rings. The average molecular weight is 390 g/mol. The molecule has 1 amide bonds. The lowest BCUT2D eigenvalue weighted by Gasteiger charge is -2.21. The number of anilines is 2. The number of nitrogen functional groups attached to an aromatic ring is 1. The number of ether oxygens (including phenoxy) is 2. The Kier molecular flexibility index (Phi) is 5.92. The first-order valence-electron chi connectivity index (χ1n) is 8.30. The monoisotopic (exact) mass is 390 g/mol. The van der Waals surface area contributed by atoms with Crippen molar-refractivity contribution in [3.8, 4) is 5.75 Å². The Morgan fingerprint density at radius 1 is 1.18 bits per heavy atom. The van der Waals surface area contributed by atoms with Gasteiger partial charge in [0.05, 0.1) is 12.8 Å². The molecule has 0 aliphatic rings. The Morgan fingerprint density at radius 3 is 2.46 bits per heavy atom. The second-order valence-electron chi connectivity index (χ2n) is 6.99. The van der Waals surface area contributed by atoms with Crippen LogP contribution in [-0.2, 0) is 14.9 Å². The minimum Gasteiger partial charge on any atom is -0.495 e. The molecule has 0 bridgehead atoms. The van der Waals surface area contributed by atoms with Crippen molar-refractivity contribution in [1.29, 1.82) is 0 Å². The van der Waals surface area contributed by atoms with Crippen LogP contribution in [0, 0.1) is 0 Å². The maximum atomic E-state index is 12.2. The number of aromatic nitrogens is 2. The molecule has 0 saturated heterocycles. The van der Waals surface area contributed by atoms with E-state index in [2.05, 4.69) is 10.3 Å². The fourth-order valence-corrected chi connectivity index (χ4v) is 2.32. The van der Waals surface area contributed by atoms with Gasteiger partial charge in [0, 0.05) is 0 Å². The van der Waals surface area contributed by atoms with Gasteiger partial charge >= 0.3 is 11.7 Å². The summed E-state index contributed by atoms with van der Waals surface area (Å²) in [6.07, 6.45) is 0. The van der Waals surface area contributed by atoms with E-state index in [4.69, 9.17) is 15.2 Å². The summed E-state index contributed by atoms with van der Waals surface area (Å²) >= 11 is 0. The first-order valence-corrected chi connectivity index (χ1v) is 8.30. The van der Waals surface area contributed by atoms with E-state index in [9.17, 15) is 19.2 Å². The van der Waals surface area contributed by atoms with Crippen LogP contribution >= 0.6 is 0 Å². The molecule has 2 aromatic rings. The number of nitrogens with one attached hydrogen (secondary N) is 3. The van der Waals surface area contributed by atoms with Crippen molar-refractivity contribution in [3.05, 3.63) is 50.3 Å². The lowest BCUT2D eigenvalue weighted by molar-refractivity contribution is -0.119. The Hall–Kier alpha value is -3.56. The summed E-state index contributed by atoms with van der Waals surface area (Å²) in [5.41, 5.74) is 3.81. The third kappa shape index (κ3) is 4.78. The number of amides is 1. The average Bonchev–Trinajstić information content (AvgIpc) is 2.61. The van der Waals surface area contributed by atoms with Crippen LogP contribution in [0.3, 0.4) is 0 Å². The van der Waals surface area contributed by atoms with Crippen LogP contribution in [0.5, 0.6) is 5.75 Å². The van der Waals surface area contributed by atoms with Crippen molar-refractivity contribution in [1.82, 2.24) is 9.97 Å². The molecule has 28 heavy (non-hydrogen) atoms. The van der Waals surface area contributed by atoms with E-state index in [-0.39, 0.29) is 5.41 Å². The molecule has 0 radical (unpaired) electrons. The van der Waals surface area contributed by atoms with Gasteiger partial charge in [-0.25, -0.2) is 9.59 Å². The fourth-order valence-electron chi connectivity index (χ4n) is 2.32. The van der Waals surface area contributed by atoms with Crippen molar-refractivity contribution in [3.63, 3.8) is 0 Å². The molecule has 1 aromatic heterocycles. The Morgan fingerprint density at radius 2 is 1.86 bits per heavy atom. The number of nitrogens with two attached hydrogens (primary N) is 1. The number of hydrogen-bond acceptors (Lipinski definition) is 7. The molecule has 10 nitrogen and oxygen atoms in total. The lowest BCUT2D eigenvalue weighted by Crippen LogP contribution is -2.30. The van der Waals surface area contributed by atoms with Crippen LogP contribution in [0.4, 0.5) is 11.4 Å². The Labute approximate surface area is 160 Å². The van der Waals surface area contributed by atoms with Crippen molar-refractivity contribution >= 4 is 23.3 Å². The summed E-state index contributed by atoms with van der Waals surface area (Å²) in [5.74, 6) is -1.30. The number of esters is 1. The topological polar surface area (TPSA) is 156 Å². The molecular weight excluding hydrogens is 368 g/mol. The smallest absolute Gasteiger partial charge is 0.357 e. The minimum absolute atomic E-state index is 0.151. The molecule has 0 spiro atoms. The summed E-state index contributed by atoms with van der Waals surface area (Å²) in [6, 6.07) is 5.38. The van der Waals surface area contributed by atoms with Crippen molar-refractivity contribution in [2.24, 2.45) is 0 Å². The standard InChI is InChI=1S/C18H22N4O6/c1-18(2,3)9-5-6-11(27-4)10(7-9)20-12(23)8-28-16(25)14-13(19)15(24)22-17(26)21-14/h5-7H,8,19H2,1-4H3,(H,20,23)(H2,21,22,24,26). The van der Waals surface area contributed by atoms with Gasteiger partial charge in [-0.1, -0.05) is 26.8 Å². The summed E-state index contributed by atoms with van der Waals surface area (Å²) in [4.78, 5) is 50.8. The lowest BCUT2D eigenvalue weighted by atomic mass is 9.87. The zero-order valence-corrected chi connectivity index (χ0v) is 16.0. The molecule has 1 aromatic carbocycles. The summed E-state index contributed by atoms with van der Waals surface area (Å²) in [7, 11) is 1.47. The van der Waals surface area contributed by atoms with Gasteiger partial charge in [-0.2, -0.15) is 0 Å². The number of carbonyl (C=O) groups is 2. The van der Waals surface area contributed by atoms with Gasteiger partial charge in [-0.15, -0.1) is 0 Å². The quantitative estimate of drug-likeness (QED) is 0.549. The molecule has 1 heterocycles. The van der Waals surface area contributed by atoms with Gasteiger partial charge < -0.3 is 20.5 Å². The van der Waals surface area contributed by atoms with E-state index in [1.54, 1.807) is 12.1 Å². The molecule has 0 saturated carbocycles. The van der Waals surface area contributed by atoms with Crippen LogP contribution in [0.1, 0.15) is 36.8 Å². The molecule has 0 aliphatic heterocycles. The molecule has 2 rings (SSSR count). The largest absolute Gasteiger partial charge is 0.495 e. The maximum Gasteiger partial charge on any atom is 0.357 e. The summed E-state index contributed by atoms with van der Waals surface area (Å²) in [6.45, 7) is 5.41. The van der Waals surface area contributed by atoms with E-state index in [1.807, 2.05) is 31.8 Å². The predicted octanol–water partition coefficient (Wildman–Crippen LogP) is 0.747. The van der Waals surface area contributed by atoms with E-state index in [0.717, 1.165) is 5.56 Å². The zero-order valence-electron chi connectivity index (χ0n) is 16.0. The van der Waals surface area contributed by atoms with Crippen LogP contribution < -0.4 is 27.0 Å². The summed E-state index contributed by atoms with van der Waals surface area (Å²) in [5, 5.41) is 2.61. The third-order valence-corrected chi connectivity index (χ3v) is 3.86. The second kappa shape index (κ2) is 7.99. The maximum absolute atomic E-state index is 12.2. The van der Waals surface area contributed by atoms with Gasteiger partial charge in [0.2, 0.25) is 0 Å². The third-order valence-electron chi connectivity index (χ3n) is 3.86. The van der Waals surface area contributed by atoms with Gasteiger partial charge in [-0.3, -0.25) is 19.6 Å². The Bertz CT molecular complexity index is 1020. The van der Waals surface area contributed by atoms with E-state index in [0.29, 0.717) is 11.4 Å². The van der Waals surface area contributed by atoms with Crippen molar-refractivity contribution in [2.75, 3.05) is 24.8 Å². The van der Waals surface area contributed by atoms with E-state index >= 15 is 0 Å².